The number of hydrogen-bond donors (Lipinski definition) is 2. The van der Waals surface area contributed by atoms with E-state index in [2.05, 4.69) is 25.8 Å². The maximum Gasteiger partial charge on any atom is 0.407 e. The van der Waals surface area contributed by atoms with Crippen LogP contribution in [0.5, 0.6) is 0 Å². The van der Waals surface area contributed by atoms with Crippen molar-refractivity contribution in [1.82, 2.24) is 9.80 Å². The average molecular weight is 571 g/mol. The molecule has 226 valence electrons. The SMILES string of the molecule is CC(=O)O[C@H]1C[C@]2(O)[C@@H]3CC[C@@H]4C[C@@H](C5CN(C)CCN5C(=O)O)CC[C@]4(C)[C@H]3CC[C@]2(C)[C@H]1c1ccc(=O)oc1. The molecule has 0 radical (unpaired) electrons. The van der Waals surface area contributed by atoms with Gasteiger partial charge in [-0.25, -0.2) is 9.59 Å². The van der Waals surface area contributed by atoms with Crippen LogP contribution in [0.3, 0.4) is 0 Å². The Labute approximate surface area is 242 Å². The van der Waals surface area contributed by atoms with Gasteiger partial charge in [-0.2, -0.15) is 0 Å². The highest BCUT2D eigenvalue weighted by Gasteiger charge is 2.70. The van der Waals surface area contributed by atoms with Crippen LogP contribution in [-0.4, -0.2) is 76.5 Å². The standard InChI is InChI=1S/C32H46N2O7/c1-19(35)41-26-16-32(39)24-7-6-22-15-20(25-17-33(4)13-14-34(25)29(37)38)9-11-30(22,2)23(24)10-12-31(32,3)28(26)21-5-8-27(36)40-18-21/h5,8,18,20,22-26,28,39H,6-7,9-17H2,1-4H3,(H,37,38)/t20-,22+,23-,24+,25?,26-,28-,30-,31+,32-/m0/s1. The summed E-state index contributed by atoms with van der Waals surface area (Å²) in [5.41, 5.74) is -1.07. The average Bonchev–Trinajstić information content (AvgIpc) is 3.14. The number of carbonyl (C=O) groups is 2. The third kappa shape index (κ3) is 4.44. The zero-order valence-electron chi connectivity index (χ0n) is 24.9. The molecule has 1 aliphatic heterocycles. The van der Waals surface area contributed by atoms with E-state index in [1.807, 2.05) is 0 Å². The highest BCUT2D eigenvalue weighted by molar-refractivity contribution is 5.66. The molecule has 0 bridgehead atoms. The fourth-order valence-corrected chi connectivity index (χ4v) is 10.7. The van der Waals surface area contributed by atoms with Gasteiger partial charge in [0, 0.05) is 50.4 Å². The van der Waals surface area contributed by atoms with Crippen molar-refractivity contribution in [3.05, 3.63) is 34.4 Å². The topological polar surface area (TPSA) is 121 Å². The van der Waals surface area contributed by atoms with Crippen LogP contribution in [0, 0.1) is 34.5 Å². The van der Waals surface area contributed by atoms with Gasteiger partial charge < -0.3 is 29.2 Å². The molecule has 2 N–H and O–H groups in total. The quantitative estimate of drug-likeness (QED) is 0.515. The smallest absolute Gasteiger partial charge is 0.407 e. The lowest BCUT2D eigenvalue weighted by Gasteiger charge is -2.64. The van der Waals surface area contributed by atoms with E-state index in [1.54, 1.807) is 11.0 Å². The zero-order chi connectivity index (χ0) is 29.3. The molecule has 4 saturated carbocycles. The van der Waals surface area contributed by atoms with Crippen LogP contribution in [0.1, 0.15) is 83.6 Å². The third-order valence-electron chi connectivity index (χ3n) is 12.7. The first-order valence-electron chi connectivity index (χ1n) is 15.5. The minimum absolute atomic E-state index is 0.0401. The van der Waals surface area contributed by atoms with Crippen LogP contribution < -0.4 is 5.63 Å². The maximum absolute atomic E-state index is 12.8. The molecule has 5 fully saturated rings. The Bertz CT molecular complexity index is 1230. The number of aliphatic hydroxyl groups is 1. The lowest BCUT2D eigenvalue weighted by Crippen LogP contribution is -2.63. The van der Waals surface area contributed by atoms with Crippen molar-refractivity contribution in [2.24, 2.45) is 34.5 Å². The summed E-state index contributed by atoms with van der Waals surface area (Å²) in [5.74, 6) is 0.691. The summed E-state index contributed by atoms with van der Waals surface area (Å²) < 4.78 is 11.1. The van der Waals surface area contributed by atoms with Crippen molar-refractivity contribution >= 4 is 12.1 Å². The fourth-order valence-electron chi connectivity index (χ4n) is 10.7. The Balaban J connectivity index is 1.27. The number of rotatable bonds is 3. The van der Waals surface area contributed by atoms with E-state index >= 15 is 0 Å². The van der Waals surface area contributed by atoms with Crippen LogP contribution in [-0.2, 0) is 9.53 Å². The molecule has 4 aliphatic carbocycles. The van der Waals surface area contributed by atoms with Crippen LogP contribution in [0.25, 0.3) is 0 Å². The molecule has 1 amide bonds. The zero-order valence-corrected chi connectivity index (χ0v) is 24.9. The number of hydrogen-bond acceptors (Lipinski definition) is 7. The molecule has 9 nitrogen and oxygen atoms in total. The van der Waals surface area contributed by atoms with Crippen molar-refractivity contribution in [3.63, 3.8) is 0 Å². The van der Waals surface area contributed by atoms with Gasteiger partial charge in [0.05, 0.1) is 17.9 Å². The molecule has 9 heteroatoms. The Morgan fingerprint density at radius 1 is 1.07 bits per heavy atom. The van der Waals surface area contributed by atoms with Crippen LogP contribution in [0.4, 0.5) is 4.79 Å². The highest BCUT2D eigenvalue weighted by atomic mass is 16.5. The molecular weight excluding hydrogens is 524 g/mol. The van der Waals surface area contributed by atoms with Crippen molar-refractivity contribution in [1.29, 1.82) is 0 Å². The number of nitrogens with zero attached hydrogens (tertiary/aromatic N) is 2. The number of carbonyl (C=O) groups excluding carboxylic acids is 1. The lowest BCUT2D eigenvalue weighted by molar-refractivity contribution is -0.205. The van der Waals surface area contributed by atoms with Gasteiger partial charge in [-0.1, -0.05) is 13.8 Å². The molecule has 1 unspecified atom stereocenters. The molecular formula is C32H46N2O7. The largest absolute Gasteiger partial charge is 0.465 e. The van der Waals surface area contributed by atoms with Crippen LogP contribution >= 0.6 is 0 Å². The first-order chi connectivity index (χ1) is 19.4. The fraction of sp³-hybridized carbons (Fsp3) is 0.781. The lowest BCUT2D eigenvalue weighted by atomic mass is 9.42. The van der Waals surface area contributed by atoms with Crippen LogP contribution in [0.15, 0.2) is 27.6 Å². The molecule has 41 heavy (non-hydrogen) atoms. The van der Waals surface area contributed by atoms with E-state index < -0.39 is 28.8 Å². The summed E-state index contributed by atoms with van der Waals surface area (Å²) in [6.45, 7) is 8.14. The summed E-state index contributed by atoms with van der Waals surface area (Å²) in [6, 6.07) is 3.21. The molecule has 5 aliphatic rings. The highest BCUT2D eigenvalue weighted by Crippen LogP contribution is 2.71. The first-order valence-corrected chi connectivity index (χ1v) is 15.5. The van der Waals surface area contributed by atoms with Gasteiger partial charge in [-0.3, -0.25) is 4.79 Å². The van der Waals surface area contributed by atoms with Crippen molar-refractivity contribution in [2.75, 3.05) is 26.7 Å². The van der Waals surface area contributed by atoms with Crippen molar-refractivity contribution < 1.29 is 29.0 Å². The van der Waals surface area contributed by atoms with Gasteiger partial charge in [0.1, 0.15) is 6.10 Å². The summed E-state index contributed by atoms with van der Waals surface area (Å²) in [6.07, 6.45) is 7.41. The molecule has 1 aromatic heterocycles. The predicted octanol–water partition coefficient (Wildman–Crippen LogP) is 4.33. The summed E-state index contributed by atoms with van der Waals surface area (Å²) in [4.78, 5) is 40.0. The van der Waals surface area contributed by atoms with E-state index in [0.717, 1.165) is 63.6 Å². The Morgan fingerprint density at radius 2 is 1.85 bits per heavy atom. The van der Waals surface area contributed by atoms with E-state index in [4.69, 9.17) is 9.15 Å². The van der Waals surface area contributed by atoms with E-state index in [9.17, 15) is 24.6 Å². The van der Waals surface area contributed by atoms with E-state index in [-0.39, 0.29) is 29.3 Å². The normalized spacial score (nSPS) is 44.4. The minimum atomic E-state index is -1.01. The van der Waals surface area contributed by atoms with E-state index in [1.165, 1.54) is 19.3 Å². The Kier molecular flexibility index (Phi) is 7.08. The minimum Gasteiger partial charge on any atom is -0.465 e. The second-order valence-electron chi connectivity index (χ2n) is 14.4. The van der Waals surface area contributed by atoms with Gasteiger partial charge in [0.25, 0.3) is 0 Å². The van der Waals surface area contributed by atoms with Gasteiger partial charge in [-0.05, 0) is 92.7 Å². The predicted molar refractivity (Wildman–Crippen MR) is 151 cm³/mol. The number of fused-ring (bicyclic) bond motifs is 5. The molecule has 0 spiro atoms. The number of piperazine rings is 1. The summed E-state index contributed by atoms with van der Waals surface area (Å²) in [5, 5.41) is 22.7. The Hall–Kier alpha value is -2.39. The summed E-state index contributed by atoms with van der Waals surface area (Å²) in [7, 11) is 2.09. The molecule has 0 aromatic carbocycles. The maximum atomic E-state index is 12.8. The molecule has 6 rings (SSSR count). The Morgan fingerprint density at radius 3 is 2.54 bits per heavy atom. The van der Waals surface area contributed by atoms with Crippen molar-refractivity contribution in [2.45, 2.75) is 95.8 Å². The second kappa shape index (κ2) is 10.1. The number of esters is 1. The van der Waals surface area contributed by atoms with E-state index in [0.29, 0.717) is 30.7 Å². The second-order valence-corrected chi connectivity index (χ2v) is 14.4. The molecule has 1 saturated heterocycles. The van der Waals surface area contributed by atoms with Gasteiger partial charge in [0.2, 0.25) is 0 Å². The number of likely N-dealkylation sites (N-methyl/N-ethyl adjacent to an activating group) is 1. The number of amides is 1. The van der Waals surface area contributed by atoms with Gasteiger partial charge in [-0.15, -0.1) is 0 Å². The number of ether oxygens (including phenoxy) is 1. The first kappa shape index (κ1) is 28.7. The monoisotopic (exact) mass is 570 g/mol. The number of carboxylic acid groups (broad SMARTS) is 1. The van der Waals surface area contributed by atoms with Gasteiger partial charge >= 0.3 is 17.7 Å². The van der Waals surface area contributed by atoms with Gasteiger partial charge in [0.15, 0.2) is 0 Å². The molecule has 2 heterocycles. The molecule has 1 aromatic rings. The third-order valence-corrected chi connectivity index (χ3v) is 12.7. The van der Waals surface area contributed by atoms with Crippen molar-refractivity contribution in [3.8, 4) is 0 Å². The molecule has 10 atom stereocenters. The summed E-state index contributed by atoms with van der Waals surface area (Å²) >= 11 is 0. The van der Waals surface area contributed by atoms with Crippen LogP contribution in [0.2, 0.25) is 0 Å².